The molecule has 1 heterocycles. The summed E-state index contributed by atoms with van der Waals surface area (Å²) >= 11 is 3.48. The van der Waals surface area contributed by atoms with Gasteiger partial charge in [-0.2, -0.15) is 5.10 Å². The van der Waals surface area contributed by atoms with E-state index in [4.69, 9.17) is 9.47 Å². The molecule has 1 N–H and O–H groups in total. The number of hydrogen-bond donors (Lipinski definition) is 1. The van der Waals surface area contributed by atoms with Gasteiger partial charge >= 0.3 is 0 Å². The van der Waals surface area contributed by atoms with Crippen molar-refractivity contribution in [3.05, 3.63) is 79.9 Å². The van der Waals surface area contributed by atoms with E-state index in [-0.39, 0.29) is 17.9 Å². The van der Waals surface area contributed by atoms with E-state index in [1.54, 1.807) is 39.3 Å². The second-order valence-electron chi connectivity index (χ2n) is 6.67. The fourth-order valence-corrected chi connectivity index (χ4v) is 3.57. The molecule has 0 radical (unpaired) electrons. The number of para-hydroxylation sites is 1. The molecule has 0 aliphatic carbocycles. The highest BCUT2D eigenvalue weighted by atomic mass is 79.9. The summed E-state index contributed by atoms with van der Waals surface area (Å²) in [5, 5.41) is 6.80. The van der Waals surface area contributed by atoms with Gasteiger partial charge in [0.1, 0.15) is 11.5 Å². The number of nitrogens with one attached hydrogen (secondary N) is 1. The third kappa shape index (κ3) is 4.93. The lowest BCUT2D eigenvalue weighted by Crippen LogP contribution is -2.33. The SMILES string of the molecule is COc1cc(Br)c(CCNC(=O)c2nn(-c3ccccc3F)c(C)cc2=O)cc1OC. The van der Waals surface area contributed by atoms with Crippen molar-refractivity contribution < 1.29 is 18.7 Å². The molecule has 0 fully saturated rings. The van der Waals surface area contributed by atoms with E-state index >= 15 is 0 Å². The van der Waals surface area contributed by atoms with Gasteiger partial charge in [0.25, 0.3) is 5.91 Å². The molecule has 0 bridgehead atoms. The van der Waals surface area contributed by atoms with Crippen LogP contribution in [-0.4, -0.2) is 36.5 Å². The normalized spacial score (nSPS) is 10.6. The molecule has 162 valence electrons. The molecule has 0 saturated heterocycles. The number of rotatable bonds is 7. The maximum Gasteiger partial charge on any atom is 0.275 e. The lowest BCUT2D eigenvalue weighted by atomic mass is 10.1. The molecule has 31 heavy (non-hydrogen) atoms. The predicted molar refractivity (Wildman–Crippen MR) is 118 cm³/mol. The van der Waals surface area contributed by atoms with E-state index in [2.05, 4.69) is 26.3 Å². The lowest BCUT2D eigenvalue weighted by molar-refractivity contribution is 0.0946. The molecule has 2 aromatic carbocycles. The summed E-state index contributed by atoms with van der Waals surface area (Å²) in [4.78, 5) is 24.9. The van der Waals surface area contributed by atoms with E-state index in [1.807, 2.05) is 6.07 Å². The summed E-state index contributed by atoms with van der Waals surface area (Å²) in [6, 6.07) is 10.9. The topological polar surface area (TPSA) is 82.5 Å². The van der Waals surface area contributed by atoms with Crippen LogP contribution in [0.4, 0.5) is 4.39 Å². The third-order valence-electron chi connectivity index (χ3n) is 4.64. The zero-order chi connectivity index (χ0) is 22.5. The summed E-state index contributed by atoms with van der Waals surface area (Å²) in [5.41, 5.74) is 0.623. The Hall–Kier alpha value is -3.20. The monoisotopic (exact) mass is 489 g/mol. The molecule has 1 amide bonds. The van der Waals surface area contributed by atoms with E-state index in [9.17, 15) is 14.0 Å². The van der Waals surface area contributed by atoms with E-state index in [1.165, 1.54) is 22.9 Å². The van der Waals surface area contributed by atoms with Gasteiger partial charge in [-0.15, -0.1) is 0 Å². The van der Waals surface area contributed by atoms with Gasteiger partial charge < -0.3 is 14.8 Å². The summed E-state index contributed by atoms with van der Waals surface area (Å²) in [5.74, 6) is 0.0119. The summed E-state index contributed by atoms with van der Waals surface area (Å²) in [6.07, 6.45) is 0.472. The third-order valence-corrected chi connectivity index (χ3v) is 5.37. The van der Waals surface area contributed by atoms with Crippen LogP contribution in [0.3, 0.4) is 0 Å². The molecule has 0 saturated carbocycles. The van der Waals surface area contributed by atoms with Crippen molar-refractivity contribution in [3.8, 4) is 17.2 Å². The number of methoxy groups -OCH3 is 2. The van der Waals surface area contributed by atoms with Crippen LogP contribution in [0.5, 0.6) is 11.5 Å². The smallest absolute Gasteiger partial charge is 0.275 e. The maximum absolute atomic E-state index is 14.2. The van der Waals surface area contributed by atoms with Crippen molar-refractivity contribution in [1.82, 2.24) is 15.1 Å². The van der Waals surface area contributed by atoms with Gasteiger partial charge in [-0.3, -0.25) is 9.59 Å². The average molecular weight is 490 g/mol. The molecule has 0 unspecified atom stereocenters. The molecule has 0 aliphatic heterocycles. The summed E-state index contributed by atoms with van der Waals surface area (Å²) in [7, 11) is 3.09. The Balaban J connectivity index is 1.78. The molecule has 7 nitrogen and oxygen atoms in total. The molecule has 3 aromatic rings. The molecule has 1 aromatic heterocycles. The molecular formula is C22H21BrFN3O4. The van der Waals surface area contributed by atoms with Crippen LogP contribution < -0.4 is 20.2 Å². The second-order valence-corrected chi connectivity index (χ2v) is 7.52. The summed E-state index contributed by atoms with van der Waals surface area (Å²) in [6.45, 7) is 1.87. The Kier molecular flexibility index (Phi) is 7.06. The first kappa shape index (κ1) is 22.5. The highest BCUT2D eigenvalue weighted by Gasteiger charge is 2.17. The van der Waals surface area contributed by atoms with Crippen molar-refractivity contribution in [2.75, 3.05) is 20.8 Å². The number of hydrogen-bond acceptors (Lipinski definition) is 5. The van der Waals surface area contributed by atoms with Crippen LogP contribution in [0.15, 0.2) is 51.7 Å². The number of ether oxygens (including phenoxy) is 2. The van der Waals surface area contributed by atoms with Crippen molar-refractivity contribution in [1.29, 1.82) is 0 Å². The van der Waals surface area contributed by atoms with Crippen LogP contribution in [0.2, 0.25) is 0 Å². The largest absolute Gasteiger partial charge is 0.493 e. The number of benzene rings is 2. The Bertz CT molecular complexity index is 1180. The van der Waals surface area contributed by atoms with Gasteiger partial charge in [0.15, 0.2) is 17.2 Å². The Morgan fingerprint density at radius 1 is 1.16 bits per heavy atom. The van der Waals surface area contributed by atoms with Gasteiger partial charge in [-0.1, -0.05) is 28.1 Å². The molecule has 0 spiro atoms. The second kappa shape index (κ2) is 9.74. The standard InChI is InChI=1S/C22H21BrFN3O4/c1-13-10-18(28)21(26-27(13)17-7-5-4-6-16(17)24)22(29)25-9-8-14-11-19(30-2)20(31-3)12-15(14)23/h4-7,10-12H,8-9H2,1-3H3,(H,25,29). The number of carbonyl (C=O) groups is 1. The van der Waals surface area contributed by atoms with Crippen LogP contribution in [0.25, 0.3) is 5.69 Å². The number of aryl methyl sites for hydroxylation is 1. The van der Waals surface area contributed by atoms with Crippen LogP contribution in [0.1, 0.15) is 21.7 Å². The molecular weight excluding hydrogens is 469 g/mol. The maximum atomic E-state index is 14.2. The molecule has 9 heteroatoms. The quantitative estimate of drug-likeness (QED) is 0.549. The Morgan fingerprint density at radius 3 is 2.52 bits per heavy atom. The fraction of sp³-hybridized carbons (Fsp3) is 0.227. The minimum atomic E-state index is -0.633. The van der Waals surface area contributed by atoms with Crippen molar-refractivity contribution >= 4 is 21.8 Å². The van der Waals surface area contributed by atoms with Crippen molar-refractivity contribution in [3.63, 3.8) is 0 Å². The minimum absolute atomic E-state index is 0.156. The first-order valence-corrected chi connectivity index (χ1v) is 10.2. The number of amides is 1. The van der Waals surface area contributed by atoms with Crippen molar-refractivity contribution in [2.45, 2.75) is 13.3 Å². The van der Waals surface area contributed by atoms with Gasteiger partial charge in [-0.05, 0) is 43.2 Å². The zero-order valence-corrected chi connectivity index (χ0v) is 18.8. The summed E-state index contributed by atoms with van der Waals surface area (Å²) < 4.78 is 26.8. The number of nitrogens with zero attached hydrogens (tertiary/aromatic N) is 2. The minimum Gasteiger partial charge on any atom is -0.493 e. The molecule has 0 atom stereocenters. The highest BCUT2D eigenvalue weighted by Crippen LogP contribution is 2.33. The van der Waals surface area contributed by atoms with Gasteiger partial charge in [-0.25, -0.2) is 9.07 Å². The van der Waals surface area contributed by atoms with Crippen LogP contribution in [-0.2, 0) is 6.42 Å². The van der Waals surface area contributed by atoms with Crippen LogP contribution >= 0.6 is 15.9 Å². The van der Waals surface area contributed by atoms with Crippen molar-refractivity contribution in [2.24, 2.45) is 0 Å². The van der Waals surface area contributed by atoms with Crippen LogP contribution in [0, 0.1) is 12.7 Å². The van der Waals surface area contributed by atoms with Gasteiger partial charge in [0.2, 0.25) is 5.43 Å². The predicted octanol–water partition coefficient (Wildman–Crippen LogP) is 3.43. The average Bonchev–Trinajstić information content (AvgIpc) is 2.75. The lowest BCUT2D eigenvalue weighted by Gasteiger charge is -2.13. The molecule has 0 aliphatic rings. The first-order chi connectivity index (χ1) is 14.8. The number of carbonyl (C=O) groups excluding carboxylic acids is 1. The van der Waals surface area contributed by atoms with Gasteiger partial charge in [0.05, 0.1) is 14.2 Å². The Morgan fingerprint density at radius 2 is 1.84 bits per heavy atom. The van der Waals surface area contributed by atoms with Gasteiger partial charge in [0, 0.05) is 22.8 Å². The van der Waals surface area contributed by atoms with E-state index < -0.39 is 17.2 Å². The first-order valence-electron chi connectivity index (χ1n) is 9.40. The fourth-order valence-electron chi connectivity index (χ4n) is 3.05. The van der Waals surface area contributed by atoms with E-state index in [0.717, 1.165) is 10.0 Å². The molecule has 3 rings (SSSR count). The zero-order valence-electron chi connectivity index (χ0n) is 17.2. The Labute approximate surface area is 186 Å². The number of halogens is 2. The number of aromatic nitrogens is 2. The van der Waals surface area contributed by atoms with E-state index in [0.29, 0.717) is 23.6 Å². The highest BCUT2D eigenvalue weighted by molar-refractivity contribution is 9.10.